The number of nitrogens with zero attached hydrogens (tertiary/aromatic N) is 1. The van der Waals surface area contributed by atoms with Crippen molar-refractivity contribution in [2.75, 3.05) is 0 Å². The van der Waals surface area contributed by atoms with Crippen molar-refractivity contribution in [2.45, 2.75) is 19.1 Å². The SMILES string of the molecule is c1ccc(COc2ccc(C3CC(c4ccccc4)=NO3)cc2)cc1. The Morgan fingerprint density at radius 2 is 1.52 bits per heavy atom. The minimum atomic E-state index is -0.0293. The standard InChI is InChI=1S/C22H19NO2/c1-3-7-17(8-4-1)16-24-20-13-11-19(12-14-20)22-15-21(23-25-22)18-9-5-2-6-10-18/h1-14,22H,15-16H2. The van der Waals surface area contributed by atoms with E-state index in [1.54, 1.807) is 0 Å². The molecule has 25 heavy (non-hydrogen) atoms. The summed E-state index contributed by atoms with van der Waals surface area (Å²) in [4.78, 5) is 5.62. The molecule has 0 saturated carbocycles. The summed E-state index contributed by atoms with van der Waals surface area (Å²) in [5, 5.41) is 4.25. The van der Waals surface area contributed by atoms with Crippen LogP contribution in [0.3, 0.4) is 0 Å². The Hall–Kier alpha value is -3.07. The van der Waals surface area contributed by atoms with Crippen LogP contribution in [0.1, 0.15) is 29.2 Å². The number of hydrogen-bond donors (Lipinski definition) is 0. The fraction of sp³-hybridized carbons (Fsp3) is 0.136. The van der Waals surface area contributed by atoms with E-state index in [2.05, 4.69) is 41.6 Å². The second-order valence-electron chi connectivity index (χ2n) is 6.05. The van der Waals surface area contributed by atoms with E-state index >= 15 is 0 Å². The first kappa shape index (κ1) is 15.5. The molecule has 3 nitrogen and oxygen atoms in total. The summed E-state index contributed by atoms with van der Waals surface area (Å²) < 4.78 is 5.83. The molecule has 3 aromatic rings. The largest absolute Gasteiger partial charge is 0.489 e. The van der Waals surface area contributed by atoms with Gasteiger partial charge in [-0.25, -0.2) is 0 Å². The summed E-state index contributed by atoms with van der Waals surface area (Å²) in [7, 11) is 0. The molecule has 4 rings (SSSR count). The fourth-order valence-corrected chi connectivity index (χ4v) is 2.88. The molecule has 0 fully saturated rings. The lowest BCUT2D eigenvalue weighted by Crippen LogP contribution is -2.01. The lowest BCUT2D eigenvalue weighted by Gasteiger charge is -2.10. The van der Waals surface area contributed by atoms with Gasteiger partial charge in [-0.2, -0.15) is 0 Å². The molecular weight excluding hydrogens is 310 g/mol. The third-order valence-electron chi connectivity index (χ3n) is 4.28. The van der Waals surface area contributed by atoms with Gasteiger partial charge in [-0.1, -0.05) is 78.0 Å². The van der Waals surface area contributed by atoms with E-state index in [1.807, 2.05) is 48.5 Å². The molecule has 124 valence electrons. The second-order valence-corrected chi connectivity index (χ2v) is 6.05. The van der Waals surface area contributed by atoms with E-state index in [0.29, 0.717) is 6.61 Å². The van der Waals surface area contributed by atoms with Crippen LogP contribution in [-0.4, -0.2) is 5.71 Å². The zero-order valence-electron chi connectivity index (χ0n) is 13.8. The maximum absolute atomic E-state index is 5.83. The van der Waals surface area contributed by atoms with Gasteiger partial charge >= 0.3 is 0 Å². The van der Waals surface area contributed by atoms with Crippen molar-refractivity contribution in [2.24, 2.45) is 5.16 Å². The minimum absolute atomic E-state index is 0.0293. The van der Waals surface area contributed by atoms with Gasteiger partial charge in [-0.3, -0.25) is 0 Å². The Bertz CT molecular complexity index is 842. The van der Waals surface area contributed by atoms with Crippen LogP contribution >= 0.6 is 0 Å². The molecule has 1 unspecified atom stereocenters. The van der Waals surface area contributed by atoms with Crippen molar-refractivity contribution in [3.8, 4) is 5.75 Å². The van der Waals surface area contributed by atoms with E-state index in [-0.39, 0.29) is 6.10 Å². The molecular formula is C22H19NO2. The third-order valence-corrected chi connectivity index (χ3v) is 4.28. The lowest BCUT2D eigenvalue weighted by atomic mass is 10.0. The number of oxime groups is 1. The topological polar surface area (TPSA) is 30.8 Å². The molecule has 0 radical (unpaired) electrons. The van der Waals surface area contributed by atoms with Gasteiger partial charge in [0.25, 0.3) is 0 Å². The Balaban J connectivity index is 1.37. The van der Waals surface area contributed by atoms with Crippen LogP contribution in [-0.2, 0) is 11.4 Å². The monoisotopic (exact) mass is 329 g/mol. The van der Waals surface area contributed by atoms with Crippen molar-refractivity contribution < 1.29 is 9.57 Å². The Morgan fingerprint density at radius 1 is 0.840 bits per heavy atom. The van der Waals surface area contributed by atoms with Gasteiger partial charge in [-0.05, 0) is 28.8 Å². The molecule has 1 atom stereocenters. The van der Waals surface area contributed by atoms with Gasteiger partial charge in [-0.15, -0.1) is 0 Å². The fourth-order valence-electron chi connectivity index (χ4n) is 2.88. The van der Waals surface area contributed by atoms with Crippen LogP contribution < -0.4 is 4.74 Å². The predicted molar refractivity (Wildman–Crippen MR) is 98.6 cm³/mol. The number of benzene rings is 3. The summed E-state index contributed by atoms with van der Waals surface area (Å²) in [6.07, 6.45) is 0.757. The van der Waals surface area contributed by atoms with Crippen molar-refractivity contribution in [3.63, 3.8) is 0 Å². The van der Waals surface area contributed by atoms with Crippen molar-refractivity contribution >= 4 is 5.71 Å². The van der Waals surface area contributed by atoms with Crippen molar-refractivity contribution in [1.82, 2.24) is 0 Å². The summed E-state index contributed by atoms with van der Waals surface area (Å²) in [6, 6.07) is 28.4. The van der Waals surface area contributed by atoms with Crippen molar-refractivity contribution in [3.05, 3.63) is 102 Å². The maximum atomic E-state index is 5.83. The number of rotatable bonds is 5. The maximum Gasteiger partial charge on any atom is 0.158 e. The van der Waals surface area contributed by atoms with Crippen LogP contribution in [0.4, 0.5) is 0 Å². The van der Waals surface area contributed by atoms with E-state index in [4.69, 9.17) is 9.57 Å². The van der Waals surface area contributed by atoms with E-state index in [0.717, 1.165) is 34.6 Å². The van der Waals surface area contributed by atoms with Gasteiger partial charge in [0, 0.05) is 6.42 Å². The first-order valence-corrected chi connectivity index (χ1v) is 8.43. The second kappa shape index (κ2) is 7.22. The molecule has 1 aliphatic rings. The number of ether oxygens (including phenoxy) is 1. The van der Waals surface area contributed by atoms with Crippen LogP contribution in [0.15, 0.2) is 90.1 Å². The molecule has 0 saturated heterocycles. The molecule has 0 N–H and O–H groups in total. The highest BCUT2D eigenvalue weighted by Gasteiger charge is 2.23. The zero-order valence-corrected chi connectivity index (χ0v) is 13.8. The van der Waals surface area contributed by atoms with Crippen LogP contribution in [0.2, 0.25) is 0 Å². The third kappa shape index (κ3) is 3.72. The first-order chi connectivity index (χ1) is 12.4. The molecule has 0 bridgehead atoms. The quantitative estimate of drug-likeness (QED) is 0.649. The highest BCUT2D eigenvalue weighted by Crippen LogP contribution is 2.30. The van der Waals surface area contributed by atoms with Gasteiger partial charge in [0.15, 0.2) is 6.10 Å². The van der Waals surface area contributed by atoms with Gasteiger partial charge in [0.05, 0.1) is 5.71 Å². The smallest absolute Gasteiger partial charge is 0.158 e. The molecule has 3 heteroatoms. The molecule has 1 aliphatic heterocycles. The summed E-state index contributed by atoms with van der Waals surface area (Å²) >= 11 is 0. The summed E-state index contributed by atoms with van der Waals surface area (Å²) in [5.41, 5.74) is 4.39. The molecule has 1 heterocycles. The minimum Gasteiger partial charge on any atom is -0.489 e. The predicted octanol–water partition coefficient (Wildman–Crippen LogP) is 5.13. The van der Waals surface area contributed by atoms with Crippen molar-refractivity contribution in [1.29, 1.82) is 0 Å². The Kier molecular flexibility index (Phi) is 4.46. The van der Waals surface area contributed by atoms with Gasteiger partial charge < -0.3 is 9.57 Å². The normalized spacial score (nSPS) is 16.2. The molecule has 3 aromatic carbocycles. The lowest BCUT2D eigenvalue weighted by molar-refractivity contribution is 0.0857. The molecule has 0 aliphatic carbocycles. The molecule has 0 amide bonds. The summed E-state index contributed by atoms with van der Waals surface area (Å²) in [5.74, 6) is 0.856. The molecule has 0 spiro atoms. The highest BCUT2D eigenvalue weighted by atomic mass is 16.6. The Morgan fingerprint density at radius 3 is 2.24 bits per heavy atom. The highest BCUT2D eigenvalue weighted by molar-refractivity contribution is 6.01. The summed E-state index contributed by atoms with van der Waals surface area (Å²) in [6.45, 7) is 0.571. The van der Waals surface area contributed by atoms with E-state index < -0.39 is 0 Å². The molecule has 0 aromatic heterocycles. The van der Waals surface area contributed by atoms with Gasteiger partial charge in [0.1, 0.15) is 12.4 Å². The van der Waals surface area contributed by atoms with Crippen LogP contribution in [0, 0.1) is 0 Å². The average molecular weight is 329 g/mol. The Labute approximate surface area is 147 Å². The zero-order chi connectivity index (χ0) is 16.9. The number of hydrogen-bond acceptors (Lipinski definition) is 3. The van der Waals surface area contributed by atoms with Gasteiger partial charge in [0.2, 0.25) is 0 Å². The van der Waals surface area contributed by atoms with Crippen LogP contribution in [0.5, 0.6) is 5.75 Å². The van der Waals surface area contributed by atoms with Crippen LogP contribution in [0.25, 0.3) is 0 Å². The van der Waals surface area contributed by atoms with E-state index in [9.17, 15) is 0 Å². The average Bonchev–Trinajstić information content (AvgIpc) is 3.19. The van der Waals surface area contributed by atoms with E-state index in [1.165, 1.54) is 0 Å². The first-order valence-electron chi connectivity index (χ1n) is 8.43.